The van der Waals surface area contributed by atoms with Crippen LogP contribution in [0.2, 0.25) is 7.50 Å². The van der Waals surface area contributed by atoms with E-state index in [9.17, 15) is 0 Å². The van der Waals surface area contributed by atoms with Gasteiger partial charge in [-0.05, 0) is 0 Å². The monoisotopic (exact) mass is 1110 g/mol. The SMILES string of the molecule is CCCC1(CC2=Cc3c(-c4cccc5ccccc45)cccc3[CH]2[Zr]([Cl])([Cl])[CH2][SiH2][CH2][Zr]([Cl])([Cl])[CH]2C(CC3(CCC)CCCC3)=Cc3c(-c4cccc5ccccc45)cccc32)CCCC1. The molecule has 0 aliphatic heterocycles. The molecule has 0 amide bonds. The van der Waals surface area contributed by atoms with Crippen LogP contribution in [0.5, 0.6) is 0 Å². The Balaban J connectivity index is 0.983. The zero-order valence-electron chi connectivity index (χ0n) is 38.4. The molecule has 0 radical (unpaired) electrons. The molecule has 2 unspecified atom stereocenters. The third-order valence-corrected chi connectivity index (χ3v) is 59.5. The molecule has 0 bridgehead atoms. The molecule has 6 aromatic carbocycles. The Morgan fingerprint density at radius 1 is 0.477 bits per heavy atom. The first kappa shape index (κ1) is 47.2. The Bertz CT molecular complexity index is 2580. The van der Waals surface area contributed by atoms with Gasteiger partial charge < -0.3 is 0 Å². The van der Waals surface area contributed by atoms with E-state index in [-0.39, 0.29) is 7.25 Å². The molecule has 2 saturated carbocycles. The van der Waals surface area contributed by atoms with E-state index >= 15 is 0 Å². The van der Waals surface area contributed by atoms with Crippen molar-refractivity contribution in [1.29, 1.82) is 0 Å². The Morgan fingerprint density at radius 3 is 1.26 bits per heavy atom. The standard InChI is InChI=1S/2C28H29.C2H6Si.4ClH.2Zr/c2*1-2-15-28(16-5-6-17-28)20-21-18-23-11-8-14-26(27(23)19-21)25-13-7-10-22-9-3-4-12-24(22)25;1-3-2;;;;;;/h2*3-4,7-14,18-19H,2,5-6,15-17,20H2,1H3;1-3H2;4*1H;;/q;;;;;;;2*+2/p-4. The number of halogens is 4. The molecule has 0 nitrogen and oxygen atoms in total. The second-order valence-corrected chi connectivity index (χ2v) is 58.3. The molecule has 0 heterocycles. The zero-order valence-corrected chi connectivity index (χ0v) is 47.7. The van der Waals surface area contributed by atoms with Crippen LogP contribution < -0.4 is 0 Å². The van der Waals surface area contributed by atoms with Gasteiger partial charge in [0.25, 0.3) is 0 Å². The van der Waals surface area contributed by atoms with E-state index in [1.54, 1.807) is 0 Å². The molecule has 0 spiro atoms. The third-order valence-electron chi connectivity index (χ3n) is 16.4. The van der Waals surface area contributed by atoms with Gasteiger partial charge in [-0.3, -0.25) is 0 Å². The topological polar surface area (TPSA) is 0 Å². The number of hydrogen-bond acceptors (Lipinski definition) is 0. The summed E-state index contributed by atoms with van der Waals surface area (Å²) in [6.45, 7) is 4.74. The molecule has 0 aromatic heterocycles. The average molecular weight is 1110 g/mol. The van der Waals surface area contributed by atoms with Crippen molar-refractivity contribution in [3.63, 3.8) is 0 Å². The molecule has 4 aliphatic rings. The predicted molar refractivity (Wildman–Crippen MR) is 283 cm³/mol. The molecule has 2 atom stereocenters. The minimum atomic E-state index is -3.91. The van der Waals surface area contributed by atoms with Gasteiger partial charge in [-0.25, -0.2) is 0 Å². The van der Waals surface area contributed by atoms with Crippen LogP contribution in [-0.4, -0.2) is 9.52 Å². The van der Waals surface area contributed by atoms with Crippen LogP contribution in [0.1, 0.15) is 133 Å². The number of hydrogen-bond donors (Lipinski definition) is 0. The van der Waals surface area contributed by atoms with Crippen LogP contribution >= 0.6 is 34.1 Å². The van der Waals surface area contributed by atoms with Crippen LogP contribution in [0.3, 0.4) is 0 Å². The van der Waals surface area contributed by atoms with Crippen molar-refractivity contribution in [3.8, 4) is 22.3 Å². The molecular formula is C58H64Cl4SiZr2. The van der Waals surface area contributed by atoms with Crippen LogP contribution in [0, 0.1) is 10.8 Å². The predicted octanol–water partition coefficient (Wildman–Crippen LogP) is 19.2. The first-order chi connectivity index (χ1) is 31.5. The Hall–Kier alpha value is -1.54. The zero-order chi connectivity index (χ0) is 44.8. The Labute approximate surface area is 414 Å². The van der Waals surface area contributed by atoms with Crippen molar-refractivity contribution in [1.82, 2.24) is 0 Å². The molecule has 6 aromatic rings. The average Bonchev–Trinajstić information content (AvgIpc) is 4.12. The number of allylic oxidation sites excluding steroid dienone is 2. The number of rotatable bonds is 16. The van der Waals surface area contributed by atoms with E-state index in [1.165, 1.54) is 154 Å². The van der Waals surface area contributed by atoms with Gasteiger partial charge >= 0.3 is 419 Å². The fraction of sp³-hybridized carbons (Fsp3) is 0.379. The number of benzene rings is 6. The molecule has 10 rings (SSSR count). The summed E-state index contributed by atoms with van der Waals surface area (Å²) in [5.41, 5.74) is 14.4. The molecule has 7 heteroatoms. The van der Waals surface area contributed by atoms with Crippen LogP contribution in [-0.2, 0) is 35.8 Å². The van der Waals surface area contributed by atoms with Crippen molar-refractivity contribution in [3.05, 3.63) is 155 Å². The molecule has 65 heavy (non-hydrogen) atoms. The summed E-state index contributed by atoms with van der Waals surface area (Å²) in [7, 11) is 31.9. The van der Waals surface area contributed by atoms with Crippen molar-refractivity contribution >= 4 is 77.3 Å². The van der Waals surface area contributed by atoms with Crippen LogP contribution in [0.4, 0.5) is 0 Å². The fourth-order valence-electron chi connectivity index (χ4n) is 13.7. The maximum atomic E-state index is 8.16. The van der Waals surface area contributed by atoms with Crippen LogP contribution in [0.25, 0.3) is 56.0 Å². The minimum absolute atomic E-state index is 0.150. The summed E-state index contributed by atoms with van der Waals surface area (Å²) < 4.78 is 2.28. The van der Waals surface area contributed by atoms with E-state index in [0.717, 1.165) is 20.3 Å². The van der Waals surface area contributed by atoms with Crippen LogP contribution in [0.15, 0.2) is 132 Å². The van der Waals surface area contributed by atoms with Gasteiger partial charge in [-0.1, -0.05) is 0 Å². The summed E-state index contributed by atoms with van der Waals surface area (Å²) in [5, 5.41) is 5.15. The second-order valence-electron chi connectivity index (χ2n) is 20.6. The van der Waals surface area contributed by atoms with Gasteiger partial charge in [-0.2, -0.15) is 0 Å². The van der Waals surface area contributed by atoms with E-state index in [0.29, 0.717) is 10.8 Å². The number of fused-ring (bicyclic) bond motifs is 4. The first-order valence-corrected chi connectivity index (χ1v) is 45.9. The molecule has 4 aliphatic carbocycles. The fourth-order valence-corrected chi connectivity index (χ4v) is 58.2. The van der Waals surface area contributed by atoms with E-state index in [1.807, 2.05) is 0 Å². The summed E-state index contributed by atoms with van der Waals surface area (Å²) >= 11 is -7.82. The van der Waals surface area contributed by atoms with Gasteiger partial charge in [-0.15, -0.1) is 0 Å². The van der Waals surface area contributed by atoms with Crippen molar-refractivity contribution in [2.24, 2.45) is 10.8 Å². The molecule has 0 saturated heterocycles. The Morgan fingerprint density at radius 2 is 0.846 bits per heavy atom. The van der Waals surface area contributed by atoms with Gasteiger partial charge in [0.1, 0.15) is 0 Å². The van der Waals surface area contributed by atoms with Crippen molar-refractivity contribution in [2.45, 2.75) is 118 Å². The first-order valence-electron chi connectivity index (χ1n) is 24.9. The van der Waals surface area contributed by atoms with Gasteiger partial charge in [0.2, 0.25) is 0 Å². The van der Waals surface area contributed by atoms with Crippen molar-refractivity contribution in [2.75, 3.05) is 0 Å². The quantitative estimate of drug-likeness (QED) is 0.0848. The van der Waals surface area contributed by atoms with Gasteiger partial charge in [0, 0.05) is 0 Å². The van der Waals surface area contributed by atoms with Crippen molar-refractivity contribution < 1.29 is 35.8 Å². The normalized spacial score (nSPS) is 20.2. The maximum absolute atomic E-state index is 8.16. The van der Waals surface area contributed by atoms with E-state index in [2.05, 4.69) is 147 Å². The second kappa shape index (κ2) is 19.7. The summed E-state index contributed by atoms with van der Waals surface area (Å²) in [6, 6.07) is 45.1. The summed E-state index contributed by atoms with van der Waals surface area (Å²) in [6.07, 6.45) is 23.0. The summed E-state index contributed by atoms with van der Waals surface area (Å²) in [4.78, 5) is 0. The van der Waals surface area contributed by atoms with Gasteiger partial charge in [0.05, 0.1) is 0 Å². The van der Waals surface area contributed by atoms with Gasteiger partial charge in [0.15, 0.2) is 0 Å². The van der Waals surface area contributed by atoms with E-state index < -0.39 is 45.3 Å². The molecule has 2 fully saturated rings. The summed E-state index contributed by atoms with van der Waals surface area (Å²) in [5.74, 6) is 0. The Kier molecular flexibility index (Phi) is 14.3. The molecule has 336 valence electrons. The third kappa shape index (κ3) is 9.33. The molecular weight excluding hydrogens is 1050 g/mol. The van der Waals surface area contributed by atoms with E-state index in [4.69, 9.17) is 34.1 Å². The molecule has 0 N–H and O–H groups in total.